The topological polar surface area (TPSA) is 80.3 Å². The Morgan fingerprint density at radius 2 is 1.82 bits per heavy atom. The SMILES string of the molecule is COc1cc(C(=O)NCC(O)c2ccc3c(c2)CCN3C)cc(OC)c1OC. The standard InChI is InChI=1S/C21H26N2O5/c1-23-8-7-13-9-14(5-6-16(13)23)17(24)12-22-21(25)15-10-18(26-2)20(28-4)19(11-15)27-3/h5-6,9-11,17,24H,7-8,12H2,1-4H3,(H,22,25). The van der Waals surface area contributed by atoms with Gasteiger partial charge in [-0.1, -0.05) is 12.1 Å². The molecule has 0 radical (unpaired) electrons. The summed E-state index contributed by atoms with van der Waals surface area (Å²) in [6.07, 6.45) is 0.173. The minimum Gasteiger partial charge on any atom is -0.493 e. The van der Waals surface area contributed by atoms with Crippen LogP contribution in [0.1, 0.15) is 27.6 Å². The lowest BCUT2D eigenvalue weighted by molar-refractivity contribution is 0.0915. The van der Waals surface area contributed by atoms with Crippen molar-refractivity contribution in [3.8, 4) is 17.2 Å². The third kappa shape index (κ3) is 3.84. The number of hydrogen-bond donors (Lipinski definition) is 2. The van der Waals surface area contributed by atoms with Crippen LogP contribution in [0, 0.1) is 0 Å². The van der Waals surface area contributed by atoms with Crippen LogP contribution in [-0.4, -0.2) is 52.5 Å². The molecule has 0 spiro atoms. The highest BCUT2D eigenvalue weighted by atomic mass is 16.5. The molecule has 0 aliphatic carbocycles. The molecule has 0 bridgehead atoms. The summed E-state index contributed by atoms with van der Waals surface area (Å²) in [5.41, 5.74) is 3.56. The number of aliphatic hydroxyl groups is 1. The molecule has 150 valence electrons. The van der Waals surface area contributed by atoms with Crippen LogP contribution in [0.25, 0.3) is 0 Å². The van der Waals surface area contributed by atoms with Crippen LogP contribution in [0.5, 0.6) is 17.2 Å². The number of rotatable bonds is 7. The summed E-state index contributed by atoms with van der Waals surface area (Å²) in [6.45, 7) is 1.08. The molecule has 1 unspecified atom stereocenters. The largest absolute Gasteiger partial charge is 0.493 e. The molecule has 1 heterocycles. The summed E-state index contributed by atoms with van der Waals surface area (Å²) in [5.74, 6) is 0.884. The van der Waals surface area contributed by atoms with E-state index in [9.17, 15) is 9.90 Å². The number of fused-ring (bicyclic) bond motifs is 1. The van der Waals surface area contributed by atoms with Crippen LogP contribution >= 0.6 is 0 Å². The second-order valence-corrected chi connectivity index (χ2v) is 6.70. The second-order valence-electron chi connectivity index (χ2n) is 6.70. The third-order valence-electron chi connectivity index (χ3n) is 5.00. The number of methoxy groups -OCH3 is 3. The minimum atomic E-state index is -0.790. The molecule has 1 atom stereocenters. The molecular formula is C21H26N2O5. The Morgan fingerprint density at radius 1 is 1.14 bits per heavy atom. The van der Waals surface area contributed by atoms with E-state index < -0.39 is 6.10 Å². The van der Waals surface area contributed by atoms with Crippen molar-refractivity contribution in [1.29, 1.82) is 0 Å². The molecule has 2 aromatic carbocycles. The summed E-state index contributed by atoms with van der Waals surface area (Å²) >= 11 is 0. The first-order valence-electron chi connectivity index (χ1n) is 9.08. The van der Waals surface area contributed by atoms with E-state index in [1.54, 1.807) is 12.1 Å². The van der Waals surface area contributed by atoms with Crippen molar-refractivity contribution >= 4 is 11.6 Å². The van der Waals surface area contributed by atoms with Gasteiger partial charge in [0.05, 0.1) is 27.4 Å². The maximum Gasteiger partial charge on any atom is 0.251 e. The average molecular weight is 386 g/mol. The predicted molar refractivity (Wildman–Crippen MR) is 107 cm³/mol. The Balaban J connectivity index is 1.70. The lowest BCUT2D eigenvalue weighted by Gasteiger charge is -2.16. The predicted octanol–water partition coefficient (Wildman–Crippen LogP) is 2.17. The van der Waals surface area contributed by atoms with Gasteiger partial charge in [-0.25, -0.2) is 0 Å². The van der Waals surface area contributed by atoms with E-state index in [0.29, 0.717) is 22.8 Å². The molecule has 1 amide bonds. The minimum absolute atomic E-state index is 0.101. The quantitative estimate of drug-likeness (QED) is 0.759. The highest BCUT2D eigenvalue weighted by molar-refractivity contribution is 5.95. The highest BCUT2D eigenvalue weighted by Gasteiger charge is 2.20. The Kier molecular flexibility index (Phi) is 5.94. The Labute approximate surface area is 164 Å². The highest BCUT2D eigenvalue weighted by Crippen LogP contribution is 2.38. The molecule has 7 nitrogen and oxygen atoms in total. The van der Waals surface area contributed by atoms with Crippen molar-refractivity contribution in [3.05, 3.63) is 47.0 Å². The lowest BCUT2D eigenvalue weighted by atomic mass is 10.0. The second kappa shape index (κ2) is 8.39. The number of anilines is 1. The van der Waals surface area contributed by atoms with Crippen LogP contribution in [-0.2, 0) is 6.42 Å². The van der Waals surface area contributed by atoms with Gasteiger partial charge in [-0.3, -0.25) is 4.79 Å². The molecule has 28 heavy (non-hydrogen) atoms. The number of hydrogen-bond acceptors (Lipinski definition) is 6. The van der Waals surface area contributed by atoms with Gasteiger partial charge in [0.2, 0.25) is 5.75 Å². The molecule has 3 rings (SSSR count). The average Bonchev–Trinajstić information content (AvgIpc) is 3.10. The van der Waals surface area contributed by atoms with Crippen molar-refractivity contribution < 1.29 is 24.1 Å². The van der Waals surface area contributed by atoms with Crippen molar-refractivity contribution in [1.82, 2.24) is 5.32 Å². The summed E-state index contributed by atoms with van der Waals surface area (Å²) in [5, 5.41) is 13.3. The molecule has 0 saturated heterocycles. The van der Waals surface area contributed by atoms with Gasteiger partial charge >= 0.3 is 0 Å². The molecule has 2 aromatic rings. The molecule has 0 saturated carbocycles. The van der Waals surface area contributed by atoms with Crippen LogP contribution in [0.15, 0.2) is 30.3 Å². The fraction of sp³-hybridized carbons (Fsp3) is 0.381. The lowest BCUT2D eigenvalue weighted by Crippen LogP contribution is -2.28. The zero-order chi connectivity index (χ0) is 20.3. The number of amides is 1. The van der Waals surface area contributed by atoms with Crippen LogP contribution in [0.4, 0.5) is 5.69 Å². The molecular weight excluding hydrogens is 360 g/mol. The molecule has 2 N–H and O–H groups in total. The van der Waals surface area contributed by atoms with Gasteiger partial charge in [0.1, 0.15) is 0 Å². The number of nitrogens with zero attached hydrogens (tertiary/aromatic N) is 1. The van der Waals surface area contributed by atoms with Crippen molar-refractivity contribution in [2.45, 2.75) is 12.5 Å². The van der Waals surface area contributed by atoms with E-state index in [4.69, 9.17) is 14.2 Å². The zero-order valence-corrected chi connectivity index (χ0v) is 16.6. The van der Waals surface area contributed by atoms with E-state index in [0.717, 1.165) is 18.5 Å². The Bertz CT molecular complexity index is 843. The summed E-state index contributed by atoms with van der Waals surface area (Å²) in [4.78, 5) is 14.8. The van der Waals surface area contributed by atoms with Gasteiger partial charge in [-0.2, -0.15) is 0 Å². The van der Waals surface area contributed by atoms with Crippen LogP contribution in [0.2, 0.25) is 0 Å². The van der Waals surface area contributed by atoms with Gasteiger partial charge in [0.15, 0.2) is 11.5 Å². The molecule has 7 heteroatoms. The summed E-state index contributed by atoms with van der Waals surface area (Å²) < 4.78 is 15.8. The van der Waals surface area contributed by atoms with Crippen molar-refractivity contribution in [3.63, 3.8) is 0 Å². The van der Waals surface area contributed by atoms with E-state index in [-0.39, 0.29) is 12.5 Å². The Morgan fingerprint density at radius 3 is 2.43 bits per heavy atom. The molecule has 1 aliphatic rings. The maximum atomic E-state index is 12.6. The Hall–Kier alpha value is -2.93. The number of carbonyl (C=O) groups is 1. The smallest absolute Gasteiger partial charge is 0.251 e. The first-order valence-corrected chi connectivity index (χ1v) is 9.08. The van der Waals surface area contributed by atoms with Crippen LogP contribution < -0.4 is 24.4 Å². The van der Waals surface area contributed by atoms with E-state index in [1.807, 2.05) is 18.2 Å². The zero-order valence-electron chi connectivity index (χ0n) is 16.6. The van der Waals surface area contributed by atoms with Gasteiger partial charge in [-0.15, -0.1) is 0 Å². The van der Waals surface area contributed by atoms with E-state index >= 15 is 0 Å². The fourth-order valence-electron chi connectivity index (χ4n) is 3.42. The normalized spacial score (nSPS) is 13.7. The first kappa shape index (κ1) is 19.8. The molecule has 0 fully saturated rings. The number of nitrogens with one attached hydrogen (secondary N) is 1. The third-order valence-corrected chi connectivity index (χ3v) is 5.00. The van der Waals surface area contributed by atoms with Crippen molar-refractivity contribution in [2.75, 3.05) is 46.4 Å². The van der Waals surface area contributed by atoms with Gasteiger partial charge < -0.3 is 29.5 Å². The van der Waals surface area contributed by atoms with Gasteiger partial charge in [0.25, 0.3) is 5.91 Å². The first-order chi connectivity index (χ1) is 13.5. The number of carbonyl (C=O) groups excluding carboxylic acids is 1. The van der Waals surface area contributed by atoms with E-state index in [2.05, 4.69) is 17.3 Å². The summed E-state index contributed by atoms with van der Waals surface area (Å²) in [6, 6.07) is 9.08. The molecule has 1 aliphatic heterocycles. The fourth-order valence-corrected chi connectivity index (χ4v) is 3.42. The summed E-state index contributed by atoms with van der Waals surface area (Å²) in [7, 11) is 6.55. The van der Waals surface area contributed by atoms with E-state index in [1.165, 1.54) is 32.6 Å². The molecule has 0 aromatic heterocycles. The van der Waals surface area contributed by atoms with Gasteiger partial charge in [-0.05, 0) is 35.7 Å². The maximum absolute atomic E-state index is 12.6. The van der Waals surface area contributed by atoms with Crippen molar-refractivity contribution in [2.24, 2.45) is 0 Å². The number of ether oxygens (including phenoxy) is 3. The number of benzene rings is 2. The number of likely N-dealkylation sites (N-methyl/N-ethyl adjacent to an activating group) is 1. The van der Waals surface area contributed by atoms with Crippen LogP contribution in [0.3, 0.4) is 0 Å². The van der Waals surface area contributed by atoms with Gasteiger partial charge in [0, 0.05) is 31.4 Å². The monoisotopic (exact) mass is 386 g/mol. The number of aliphatic hydroxyl groups excluding tert-OH is 1.